The molecule has 7 nitrogen and oxygen atoms in total. The number of piperazine rings is 1. The molecule has 0 amide bonds. The van der Waals surface area contributed by atoms with Crippen LogP contribution in [-0.4, -0.2) is 66.0 Å². The van der Waals surface area contributed by atoms with Gasteiger partial charge in [0.2, 0.25) is 0 Å². The van der Waals surface area contributed by atoms with E-state index in [1.807, 2.05) is 0 Å². The van der Waals surface area contributed by atoms with Crippen LogP contribution in [0.2, 0.25) is 0 Å². The SMILES string of the molecule is Cc1nc(N)sc1S(=O)(=O)N1CCN(CC(C)(C)O)CC1. The van der Waals surface area contributed by atoms with Crippen molar-refractivity contribution in [2.24, 2.45) is 0 Å². The fourth-order valence-electron chi connectivity index (χ4n) is 2.43. The van der Waals surface area contributed by atoms with Crippen molar-refractivity contribution in [2.45, 2.75) is 30.6 Å². The van der Waals surface area contributed by atoms with Crippen LogP contribution in [0.15, 0.2) is 4.21 Å². The second kappa shape index (κ2) is 5.81. The molecule has 1 aliphatic rings. The lowest BCUT2D eigenvalue weighted by Crippen LogP contribution is -2.51. The molecule has 0 saturated carbocycles. The summed E-state index contributed by atoms with van der Waals surface area (Å²) in [7, 11) is -3.52. The molecular formula is C12H22N4O3S2. The molecule has 120 valence electrons. The zero-order valence-corrected chi connectivity index (χ0v) is 14.2. The number of sulfonamides is 1. The Morgan fingerprint density at radius 3 is 2.33 bits per heavy atom. The van der Waals surface area contributed by atoms with Gasteiger partial charge in [-0.25, -0.2) is 13.4 Å². The summed E-state index contributed by atoms with van der Waals surface area (Å²) in [5.74, 6) is 0. The predicted molar refractivity (Wildman–Crippen MR) is 82.8 cm³/mol. The van der Waals surface area contributed by atoms with E-state index in [4.69, 9.17) is 5.73 Å². The summed E-state index contributed by atoms with van der Waals surface area (Å²) < 4.78 is 26.9. The number of β-amino-alcohol motifs (C(OH)–C–C–N with tert-alkyl or cyclic N) is 1. The minimum atomic E-state index is -3.52. The molecule has 0 atom stereocenters. The Morgan fingerprint density at radius 1 is 1.33 bits per heavy atom. The number of hydrogen-bond donors (Lipinski definition) is 2. The molecule has 0 aliphatic carbocycles. The Bertz CT molecular complexity index is 599. The number of thiazole rings is 1. The van der Waals surface area contributed by atoms with E-state index in [1.54, 1.807) is 20.8 Å². The monoisotopic (exact) mass is 334 g/mol. The predicted octanol–water partition coefficient (Wildman–Crippen LogP) is 0.111. The van der Waals surface area contributed by atoms with Crippen LogP contribution in [-0.2, 0) is 10.0 Å². The van der Waals surface area contributed by atoms with Crippen LogP contribution in [0.3, 0.4) is 0 Å². The van der Waals surface area contributed by atoms with Gasteiger partial charge < -0.3 is 10.8 Å². The summed E-state index contributed by atoms with van der Waals surface area (Å²) in [4.78, 5) is 6.05. The molecule has 9 heteroatoms. The number of nitrogen functional groups attached to an aromatic ring is 1. The fourth-order valence-corrected chi connectivity index (χ4v) is 5.29. The first-order valence-corrected chi connectivity index (χ1v) is 9.03. The minimum absolute atomic E-state index is 0.232. The molecule has 1 saturated heterocycles. The second-order valence-corrected chi connectivity index (χ2v) is 9.08. The smallest absolute Gasteiger partial charge is 0.254 e. The topological polar surface area (TPSA) is 99.8 Å². The highest BCUT2D eigenvalue weighted by atomic mass is 32.2. The molecule has 0 spiro atoms. The van der Waals surface area contributed by atoms with Gasteiger partial charge in [0.25, 0.3) is 10.0 Å². The fraction of sp³-hybridized carbons (Fsp3) is 0.750. The van der Waals surface area contributed by atoms with Gasteiger partial charge in [0, 0.05) is 32.7 Å². The molecule has 2 heterocycles. The third-order valence-corrected chi connectivity index (χ3v) is 6.76. The van der Waals surface area contributed by atoms with E-state index in [0.717, 1.165) is 11.3 Å². The molecule has 0 radical (unpaired) electrons. The number of nitrogens with two attached hydrogens (primary N) is 1. The summed E-state index contributed by atoms with van der Waals surface area (Å²) in [6.45, 7) is 7.73. The molecule has 0 aromatic carbocycles. The van der Waals surface area contributed by atoms with Crippen molar-refractivity contribution in [3.63, 3.8) is 0 Å². The van der Waals surface area contributed by atoms with E-state index in [9.17, 15) is 13.5 Å². The summed E-state index contributed by atoms with van der Waals surface area (Å²) in [5, 5.41) is 10.1. The van der Waals surface area contributed by atoms with Gasteiger partial charge in [-0.05, 0) is 20.8 Å². The standard InChI is InChI=1S/C12H22N4O3S2/c1-9-10(20-11(13)14-9)21(18,19)16-6-4-15(5-7-16)8-12(2,3)17/h17H,4-8H2,1-3H3,(H2,13,14). The normalized spacial score (nSPS) is 19.0. The maximum Gasteiger partial charge on any atom is 0.254 e. The molecule has 21 heavy (non-hydrogen) atoms. The highest BCUT2D eigenvalue weighted by Gasteiger charge is 2.32. The van der Waals surface area contributed by atoms with Crippen LogP contribution in [0, 0.1) is 6.92 Å². The maximum atomic E-state index is 12.6. The van der Waals surface area contributed by atoms with Gasteiger partial charge in [-0.2, -0.15) is 4.31 Å². The van der Waals surface area contributed by atoms with Gasteiger partial charge in [-0.3, -0.25) is 4.90 Å². The van der Waals surface area contributed by atoms with Gasteiger partial charge in [0.05, 0.1) is 11.3 Å². The van der Waals surface area contributed by atoms with Crippen LogP contribution >= 0.6 is 11.3 Å². The minimum Gasteiger partial charge on any atom is -0.389 e. The number of anilines is 1. The molecule has 1 aromatic rings. The molecule has 1 aromatic heterocycles. The Labute approximate surface area is 129 Å². The molecule has 3 N–H and O–H groups in total. The van der Waals surface area contributed by atoms with Crippen molar-refractivity contribution in [1.29, 1.82) is 0 Å². The van der Waals surface area contributed by atoms with E-state index in [1.165, 1.54) is 4.31 Å². The van der Waals surface area contributed by atoms with Crippen molar-refractivity contribution < 1.29 is 13.5 Å². The first-order valence-electron chi connectivity index (χ1n) is 6.77. The van der Waals surface area contributed by atoms with Crippen molar-refractivity contribution in [3.05, 3.63) is 5.69 Å². The lowest BCUT2D eigenvalue weighted by molar-refractivity contribution is 0.0263. The highest BCUT2D eigenvalue weighted by Crippen LogP contribution is 2.28. The second-order valence-electron chi connectivity index (χ2n) is 5.92. The number of aliphatic hydroxyl groups is 1. The Morgan fingerprint density at radius 2 is 1.90 bits per heavy atom. The van der Waals surface area contributed by atoms with Crippen molar-refractivity contribution in [1.82, 2.24) is 14.2 Å². The quantitative estimate of drug-likeness (QED) is 0.811. The lowest BCUT2D eigenvalue weighted by atomic mass is 10.1. The first kappa shape index (κ1) is 16.6. The van der Waals surface area contributed by atoms with Gasteiger partial charge >= 0.3 is 0 Å². The van der Waals surface area contributed by atoms with E-state index in [0.29, 0.717) is 38.4 Å². The van der Waals surface area contributed by atoms with E-state index >= 15 is 0 Å². The number of aryl methyl sites for hydroxylation is 1. The summed E-state index contributed by atoms with van der Waals surface area (Å²) in [6, 6.07) is 0. The summed E-state index contributed by atoms with van der Waals surface area (Å²) in [6.07, 6.45) is 0. The number of aromatic nitrogens is 1. The Kier molecular flexibility index (Phi) is 4.60. The van der Waals surface area contributed by atoms with E-state index < -0.39 is 15.6 Å². The average molecular weight is 334 g/mol. The Balaban J connectivity index is 2.06. The number of nitrogens with zero attached hydrogens (tertiary/aromatic N) is 3. The third kappa shape index (κ3) is 3.92. The number of hydrogen-bond acceptors (Lipinski definition) is 7. The van der Waals surface area contributed by atoms with Gasteiger partial charge in [-0.1, -0.05) is 11.3 Å². The Hall–Kier alpha value is -0.740. The molecule has 0 unspecified atom stereocenters. The van der Waals surface area contributed by atoms with Crippen LogP contribution in [0.1, 0.15) is 19.5 Å². The van der Waals surface area contributed by atoms with Crippen LogP contribution in [0.4, 0.5) is 5.13 Å². The number of rotatable bonds is 4. The molecule has 1 aliphatic heterocycles. The highest BCUT2D eigenvalue weighted by molar-refractivity contribution is 7.91. The zero-order valence-electron chi connectivity index (χ0n) is 12.5. The largest absolute Gasteiger partial charge is 0.389 e. The summed E-state index contributed by atoms with van der Waals surface area (Å²) in [5.41, 5.74) is 5.27. The van der Waals surface area contributed by atoms with Crippen molar-refractivity contribution in [2.75, 3.05) is 38.5 Å². The summed E-state index contributed by atoms with van der Waals surface area (Å²) >= 11 is 1.01. The molecule has 1 fully saturated rings. The van der Waals surface area contributed by atoms with Crippen LogP contribution in [0.5, 0.6) is 0 Å². The van der Waals surface area contributed by atoms with Gasteiger partial charge in [0.1, 0.15) is 0 Å². The zero-order chi connectivity index (χ0) is 15.8. The molecule has 2 rings (SSSR count). The average Bonchev–Trinajstić information content (AvgIpc) is 2.68. The van der Waals surface area contributed by atoms with E-state index in [-0.39, 0.29) is 9.34 Å². The van der Waals surface area contributed by atoms with E-state index in [2.05, 4.69) is 9.88 Å². The van der Waals surface area contributed by atoms with Gasteiger partial charge in [-0.15, -0.1) is 0 Å². The van der Waals surface area contributed by atoms with Crippen molar-refractivity contribution in [3.8, 4) is 0 Å². The third-order valence-electron chi connectivity index (χ3n) is 3.29. The van der Waals surface area contributed by atoms with Gasteiger partial charge in [0.15, 0.2) is 9.34 Å². The maximum absolute atomic E-state index is 12.6. The van der Waals surface area contributed by atoms with Crippen LogP contribution < -0.4 is 5.73 Å². The first-order chi connectivity index (χ1) is 9.59. The van der Waals surface area contributed by atoms with Crippen molar-refractivity contribution >= 4 is 26.5 Å². The lowest BCUT2D eigenvalue weighted by Gasteiger charge is -2.36. The molecule has 0 bridgehead atoms. The molecular weight excluding hydrogens is 312 g/mol. The van der Waals surface area contributed by atoms with Crippen LogP contribution in [0.25, 0.3) is 0 Å².